The molecular formula is C22H25N5O2. The van der Waals surface area contributed by atoms with E-state index in [-0.39, 0.29) is 6.10 Å². The zero-order valence-electron chi connectivity index (χ0n) is 16.7. The number of carbonyl (C=O) groups is 1. The van der Waals surface area contributed by atoms with Crippen molar-refractivity contribution in [3.63, 3.8) is 0 Å². The van der Waals surface area contributed by atoms with Gasteiger partial charge in [-0.05, 0) is 18.2 Å². The van der Waals surface area contributed by atoms with Crippen molar-refractivity contribution in [3.05, 3.63) is 65.5 Å². The van der Waals surface area contributed by atoms with Gasteiger partial charge in [-0.3, -0.25) is 9.69 Å². The molecule has 7 heteroatoms. The van der Waals surface area contributed by atoms with Crippen LogP contribution >= 0.6 is 0 Å². The lowest BCUT2D eigenvalue weighted by Crippen LogP contribution is -2.38. The number of rotatable bonds is 5. The molecule has 1 aliphatic heterocycles. The molecule has 1 aliphatic rings. The van der Waals surface area contributed by atoms with Crippen LogP contribution in [-0.4, -0.2) is 54.6 Å². The van der Waals surface area contributed by atoms with E-state index in [0.717, 1.165) is 35.5 Å². The van der Waals surface area contributed by atoms with Gasteiger partial charge in [0.15, 0.2) is 0 Å². The molecule has 2 aromatic heterocycles. The first-order valence-corrected chi connectivity index (χ1v) is 9.67. The van der Waals surface area contributed by atoms with Gasteiger partial charge in [0, 0.05) is 50.9 Å². The first-order valence-electron chi connectivity index (χ1n) is 9.67. The molecular weight excluding hydrogens is 366 g/mol. The van der Waals surface area contributed by atoms with Gasteiger partial charge in [0.05, 0.1) is 23.4 Å². The molecule has 4 rings (SSSR count). The summed E-state index contributed by atoms with van der Waals surface area (Å²) in [5.41, 5.74) is 8.76. The Kier molecular flexibility index (Phi) is 5.42. The summed E-state index contributed by atoms with van der Waals surface area (Å²) in [5, 5.41) is 0.766. The maximum Gasteiger partial charge on any atom is 0.249 e. The highest BCUT2D eigenvalue weighted by Gasteiger charge is 2.25. The number of carbonyl (C=O) groups excluding carboxylic acids is 1. The molecule has 0 spiro atoms. The number of hydrogen-bond acceptors (Lipinski definition) is 6. The van der Waals surface area contributed by atoms with Crippen molar-refractivity contribution in [1.82, 2.24) is 14.9 Å². The van der Waals surface area contributed by atoms with E-state index in [0.29, 0.717) is 18.7 Å². The number of pyridine rings is 2. The van der Waals surface area contributed by atoms with Crippen LogP contribution in [-0.2, 0) is 11.3 Å². The summed E-state index contributed by atoms with van der Waals surface area (Å²) in [6, 6.07) is 13.4. The Morgan fingerprint density at radius 2 is 2.10 bits per heavy atom. The van der Waals surface area contributed by atoms with Gasteiger partial charge in [0.1, 0.15) is 11.9 Å². The number of amides is 1. The molecule has 1 unspecified atom stereocenters. The Labute approximate surface area is 170 Å². The lowest BCUT2D eigenvalue weighted by atomic mass is 10.0. The monoisotopic (exact) mass is 391 g/mol. The predicted molar refractivity (Wildman–Crippen MR) is 113 cm³/mol. The third-order valence-electron chi connectivity index (χ3n) is 5.17. The number of fused-ring (bicyclic) bond motifs is 1. The van der Waals surface area contributed by atoms with Gasteiger partial charge in [-0.15, -0.1) is 0 Å². The Morgan fingerprint density at radius 3 is 2.90 bits per heavy atom. The number of para-hydroxylation sites is 1. The molecule has 7 nitrogen and oxygen atoms in total. The van der Waals surface area contributed by atoms with Crippen molar-refractivity contribution in [2.24, 2.45) is 5.73 Å². The summed E-state index contributed by atoms with van der Waals surface area (Å²) in [4.78, 5) is 25.6. The van der Waals surface area contributed by atoms with Crippen molar-refractivity contribution in [1.29, 1.82) is 0 Å². The normalized spacial score (nSPS) is 17.4. The highest BCUT2D eigenvalue weighted by atomic mass is 16.5. The van der Waals surface area contributed by atoms with E-state index >= 15 is 0 Å². The molecule has 0 radical (unpaired) electrons. The summed E-state index contributed by atoms with van der Waals surface area (Å²) in [6.45, 7) is 2.89. The molecule has 150 valence electrons. The van der Waals surface area contributed by atoms with Crippen LogP contribution in [0.5, 0.6) is 0 Å². The molecule has 1 aromatic carbocycles. The van der Waals surface area contributed by atoms with Crippen LogP contribution in [0.1, 0.15) is 27.7 Å². The molecule has 2 N–H and O–H groups in total. The number of nitrogens with zero attached hydrogens (tertiary/aromatic N) is 4. The summed E-state index contributed by atoms with van der Waals surface area (Å²) < 4.78 is 6.01. The van der Waals surface area contributed by atoms with Crippen molar-refractivity contribution >= 4 is 22.6 Å². The number of hydrogen-bond donors (Lipinski definition) is 1. The second-order valence-corrected chi connectivity index (χ2v) is 7.45. The standard InChI is InChI=1S/C22H25N5O2/c1-26(2)22-15(6-5-9-24-22)13-27-10-11-29-20(14-27)19-12-17(21(23)28)16-7-3-4-8-18(16)25-19/h3-9,12,20H,10-11,13-14H2,1-2H3,(H2,23,28). The fourth-order valence-corrected chi connectivity index (χ4v) is 3.79. The maximum atomic E-state index is 12.0. The van der Waals surface area contributed by atoms with Crippen LogP contribution in [0.4, 0.5) is 5.82 Å². The van der Waals surface area contributed by atoms with Gasteiger partial charge in [0.25, 0.3) is 0 Å². The quantitative estimate of drug-likeness (QED) is 0.719. The average Bonchev–Trinajstić information content (AvgIpc) is 2.73. The molecule has 0 bridgehead atoms. The summed E-state index contributed by atoms with van der Waals surface area (Å²) in [5.74, 6) is 0.513. The van der Waals surface area contributed by atoms with Crippen LogP contribution in [0.15, 0.2) is 48.7 Å². The van der Waals surface area contributed by atoms with Crippen LogP contribution in [0.25, 0.3) is 10.9 Å². The van der Waals surface area contributed by atoms with Gasteiger partial charge in [-0.25, -0.2) is 9.97 Å². The summed E-state index contributed by atoms with van der Waals surface area (Å²) in [6.07, 6.45) is 1.59. The molecule has 1 saturated heterocycles. The first-order chi connectivity index (χ1) is 14.0. The van der Waals surface area contributed by atoms with E-state index in [9.17, 15) is 4.79 Å². The van der Waals surface area contributed by atoms with Crippen molar-refractivity contribution in [2.75, 3.05) is 38.7 Å². The fourth-order valence-electron chi connectivity index (χ4n) is 3.79. The minimum absolute atomic E-state index is 0.217. The third kappa shape index (κ3) is 4.06. The Morgan fingerprint density at radius 1 is 1.28 bits per heavy atom. The molecule has 3 aromatic rings. The van der Waals surface area contributed by atoms with Gasteiger partial charge >= 0.3 is 0 Å². The fraction of sp³-hybridized carbons (Fsp3) is 0.318. The Bertz CT molecular complexity index is 1040. The Balaban J connectivity index is 1.60. The zero-order valence-corrected chi connectivity index (χ0v) is 16.7. The van der Waals surface area contributed by atoms with Crippen LogP contribution in [0.2, 0.25) is 0 Å². The van der Waals surface area contributed by atoms with Crippen LogP contribution < -0.4 is 10.6 Å². The van der Waals surface area contributed by atoms with E-state index in [1.165, 1.54) is 5.56 Å². The second kappa shape index (κ2) is 8.14. The number of anilines is 1. The number of ether oxygens (including phenoxy) is 1. The zero-order chi connectivity index (χ0) is 20.4. The van der Waals surface area contributed by atoms with Gasteiger partial charge < -0.3 is 15.4 Å². The molecule has 1 fully saturated rings. The van der Waals surface area contributed by atoms with Crippen LogP contribution in [0.3, 0.4) is 0 Å². The van der Waals surface area contributed by atoms with Gasteiger partial charge in [-0.2, -0.15) is 0 Å². The summed E-state index contributed by atoms with van der Waals surface area (Å²) in [7, 11) is 4.00. The van der Waals surface area contributed by atoms with E-state index in [2.05, 4.69) is 16.0 Å². The van der Waals surface area contributed by atoms with Crippen LogP contribution in [0, 0.1) is 0 Å². The molecule has 0 saturated carbocycles. The highest BCUT2D eigenvalue weighted by Crippen LogP contribution is 2.27. The van der Waals surface area contributed by atoms with E-state index in [1.807, 2.05) is 55.5 Å². The van der Waals surface area contributed by atoms with E-state index < -0.39 is 5.91 Å². The lowest BCUT2D eigenvalue weighted by molar-refractivity contribution is -0.0348. The average molecular weight is 391 g/mol. The van der Waals surface area contributed by atoms with Crippen molar-refractivity contribution in [2.45, 2.75) is 12.6 Å². The maximum absolute atomic E-state index is 12.0. The third-order valence-corrected chi connectivity index (χ3v) is 5.17. The first kappa shape index (κ1) is 19.3. The van der Waals surface area contributed by atoms with Gasteiger partial charge in [0.2, 0.25) is 5.91 Å². The molecule has 0 aliphatic carbocycles. The number of aromatic nitrogens is 2. The topological polar surface area (TPSA) is 84.6 Å². The number of nitrogens with two attached hydrogens (primary N) is 1. The number of benzene rings is 1. The highest BCUT2D eigenvalue weighted by molar-refractivity contribution is 6.05. The van der Waals surface area contributed by atoms with Crippen molar-refractivity contribution < 1.29 is 9.53 Å². The second-order valence-electron chi connectivity index (χ2n) is 7.45. The molecule has 1 amide bonds. The molecule has 29 heavy (non-hydrogen) atoms. The Hall–Kier alpha value is -3.03. The lowest BCUT2D eigenvalue weighted by Gasteiger charge is -2.33. The smallest absolute Gasteiger partial charge is 0.249 e. The summed E-state index contributed by atoms with van der Waals surface area (Å²) >= 11 is 0. The predicted octanol–water partition coefficient (Wildman–Crippen LogP) is 2.37. The largest absolute Gasteiger partial charge is 0.369 e. The minimum Gasteiger partial charge on any atom is -0.369 e. The van der Waals surface area contributed by atoms with Crippen molar-refractivity contribution in [3.8, 4) is 0 Å². The van der Waals surface area contributed by atoms with Gasteiger partial charge in [-0.1, -0.05) is 24.3 Å². The number of morpholine rings is 1. The number of primary amides is 1. The molecule has 1 atom stereocenters. The van der Waals surface area contributed by atoms with E-state index in [1.54, 1.807) is 6.07 Å². The SMILES string of the molecule is CN(C)c1ncccc1CN1CCOC(c2cc(C(N)=O)c3ccccc3n2)C1. The van der Waals surface area contributed by atoms with E-state index in [4.69, 9.17) is 15.5 Å². The minimum atomic E-state index is -0.455. The molecule has 3 heterocycles.